The Morgan fingerprint density at radius 2 is 1.96 bits per heavy atom. The number of rotatable bonds is 9. The Morgan fingerprint density at radius 1 is 1.28 bits per heavy atom. The van der Waals surface area contributed by atoms with Crippen molar-refractivity contribution in [3.05, 3.63) is 29.3 Å². The summed E-state index contributed by atoms with van der Waals surface area (Å²) in [5, 5.41) is 3.19. The summed E-state index contributed by atoms with van der Waals surface area (Å²) in [6.07, 6.45) is 0.950. The summed E-state index contributed by atoms with van der Waals surface area (Å²) >= 11 is 7.40. The van der Waals surface area contributed by atoms with Gasteiger partial charge in [-0.25, -0.2) is 4.99 Å². The van der Waals surface area contributed by atoms with Crippen LogP contribution >= 0.6 is 29.7 Å². The molecule has 1 N–H and O–H groups in total. The molecule has 1 unspecified atom stereocenters. The van der Waals surface area contributed by atoms with Gasteiger partial charge in [0, 0.05) is 17.8 Å². The van der Waals surface area contributed by atoms with Crippen molar-refractivity contribution in [2.24, 2.45) is 9.74 Å². The second kappa shape index (κ2) is 11.7. The minimum Gasteiger partial charge on any atom is -0.357 e. The molecule has 0 heterocycles. The van der Waals surface area contributed by atoms with Crippen LogP contribution in [0.5, 0.6) is 0 Å². The molecule has 0 saturated heterocycles. The first-order valence-corrected chi connectivity index (χ1v) is 11.6. The largest absolute Gasteiger partial charge is 0.357 e. The summed E-state index contributed by atoms with van der Waals surface area (Å²) in [7, 11) is 1.57. The van der Waals surface area contributed by atoms with Gasteiger partial charge in [0.15, 0.2) is 0 Å². The lowest BCUT2D eigenvalue weighted by Crippen LogP contribution is -2.22. The molecule has 140 valence electrons. The van der Waals surface area contributed by atoms with Gasteiger partial charge in [-0.15, -0.1) is 0 Å². The Balaban J connectivity index is 3.13. The molecule has 0 spiro atoms. The standard InChI is InChI=1S/C16H25ClN3O3PS/c1-5-11-25-24(22-6-2,23-12-16(21)18-4)20-13(3)19-15-9-7-14(17)8-10-15/h7-10H,5-6,11-12H2,1-4H3,(H,18,21). The number of halogens is 1. The average molecular weight is 406 g/mol. The molecule has 0 aliphatic heterocycles. The van der Waals surface area contributed by atoms with Crippen molar-refractivity contribution < 1.29 is 13.8 Å². The van der Waals surface area contributed by atoms with E-state index in [0.29, 0.717) is 17.5 Å². The van der Waals surface area contributed by atoms with Gasteiger partial charge in [0.25, 0.3) is 6.71 Å². The van der Waals surface area contributed by atoms with Crippen LogP contribution in [0.25, 0.3) is 0 Å². The van der Waals surface area contributed by atoms with E-state index in [0.717, 1.165) is 17.9 Å². The summed E-state index contributed by atoms with van der Waals surface area (Å²) in [4.78, 5) is 16.0. The minimum absolute atomic E-state index is 0.0985. The van der Waals surface area contributed by atoms with E-state index >= 15 is 0 Å². The van der Waals surface area contributed by atoms with Crippen LogP contribution in [0.15, 0.2) is 34.0 Å². The maximum atomic E-state index is 11.6. The van der Waals surface area contributed by atoms with Gasteiger partial charge in [-0.2, -0.15) is 4.74 Å². The van der Waals surface area contributed by atoms with Gasteiger partial charge >= 0.3 is 0 Å². The fourth-order valence-corrected chi connectivity index (χ4v) is 6.31. The zero-order valence-corrected chi connectivity index (χ0v) is 17.5. The topological polar surface area (TPSA) is 72.3 Å². The molecule has 0 saturated carbocycles. The predicted molar refractivity (Wildman–Crippen MR) is 108 cm³/mol. The van der Waals surface area contributed by atoms with Crippen LogP contribution in [0, 0.1) is 0 Å². The Morgan fingerprint density at radius 3 is 2.52 bits per heavy atom. The number of likely N-dealkylation sites (N-methyl/N-ethyl adjacent to an activating group) is 1. The smallest absolute Gasteiger partial charge is 0.279 e. The molecule has 1 aromatic rings. The second-order valence-corrected chi connectivity index (χ2v) is 9.82. The fourth-order valence-electron chi connectivity index (χ4n) is 1.68. The lowest BCUT2D eigenvalue weighted by molar-refractivity contribution is -0.122. The monoisotopic (exact) mass is 405 g/mol. The lowest BCUT2D eigenvalue weighted by atomic mass is 10.3. The quantitative estimate of drug-likeness (QED) is 0.344. The van der Waals surface area contributed by atoms with E-state index < -0.39 is 6.71 Å². The average Bonchev–Trinajstić information content (AvgIpc) is 2.60. The molecule has 6 nitrogen and oxygen atoms in total. The number of carbonyl (C=O) groups excluding carboxylic acids is 1. The summed E-state index contributed by atoms with van der Waals surface area (Å²) in [6, 6.07) is 7.17. The van der Waals surface area contributed by atoms with Crippen LogP contribution in [0.3, 0.4) is 0 Å². The van der Waals surface area contributed by atoms with Crippen molar-refractivity contribution in [2.45, 2.75) is 27.2 Å². The summed E-state index contributed by atoms with van der Waals surface area (Å²) in [5.41, 5.74) is 0.743. The van der Waals surface area contributed by atoms with Crippen molar-refractivity contribution in [1.82, 2.24) is 5.32 Å². The highest BCUT2D eigenvalue weighted by Crippen LogP contribution is 2.63. The molecular formula is C16H25ClN3O3PS. The van der Waals surface area contributed by atoms with Crippen LogP contribution in [0.2, 0.25) is 5.02 Å². The van der Waals surface area contributed by atoms with Gasteiger partial charge in [-0.3, -0.25) is 4.79 Å². The van der Waals surface area contributed by atoms with Gasteiger partial charge in [0.05, 0.1) is 12.3 Å². The van der Waals surface area contributed by atoms with E-state index in [-0.39, 0.29) is 12.5 Å². The maximum absolute atomic E-state index is 11.6. The molecule has 1 rings (SSSR count). The fraction of sp³-hybridized carbons (Fsp3) is 0.500. The van der Waals surface area contributed by atoms with Crippen LogP contribution < -0.4 is 5.32 Å². The number of nitrogens with zero attached hydrogens (tertiary/aromatic N) is 2. The number of hydrogen-bond donors (Lipinski definition) is 1. The number of carbonyl (C=O) groups is 1. The summed E-state index contributed by atoms with van der Waals surface area (Å²) < 4.78 is 16.3. The first kappa shape index (κ1) is 22.2. The number of benzene rings is 1. The van der Waals surface area contributed by atoms with E-state index in [1.54, 1.807) is 26.1 Å². The first-order valence-electron chi connectivity index (χ1n) is 8.02. The van der Waals surface area contributed by atoms with Crippen molar-refractivity contribution in [3.8, 4) is 0 Å². The Bertz CT molecular complexity index is 638. The molecule has 0 radical (unpaired) electrons. The Kier molecular flexibility index (Phi) is 10.4. The first-order chi connectivity index (χ1) is 11.9. The zero-order valence-electron chi connectivity index (χ0n) is 15.0. The summed E-state index contributed by atoms with van der Waals surface area (Å²) in [6.45, 7) is 3.42. The molecule has 0 fully saturated rings. The number of aliphatic imine (C=N–C) groups is 1. The third kappa shape index (κ3) is 8.38. The highest BCUT2D eigenvalue weighted by Gasteiger charge is 2.24. The van der Waals surface area contributed by atoms with Crippen molar-refractivity contribution >= 4 is 47.1 Å². The van der Waals surface area contributed by atoms with Crippen LogP contribution in [0.1, 0.15) is 27.2 Å². The number of amides is 1. The molecule has 0 aliphatic rings. The van der Waals surface area contributed by atoms with Crippen molar-refractivity contribution in [1.29, 1.82) is 0 Å². The third-order valence-electron chi connectivity index (χ3n) is 2.77. The molecule has 1 atom stereocenters. The molecule has 0 aromatic heterocycles. The predicted octanol–water partition coefficient (Wildman–Crippen LogP) is 5.28. The molecular weight excluding hydrogens is 381 g/mol. The van der Waals surface area contributed by atoms with Gasteiger partial charge in [-0.05, 0) is 44.5 Å². The van der Waals surface area contributed by atoms with Gasteiger partial charge in [0.1, 0.15) is 12.4 Å². The molecule has 9 heteroatoms. The highest BCUT2D eigenvalue weighted by atomic mass is 35.5. The van der Waals surface area contributed by atoms with Crippen LogP contribution in [0.4, 0.5) is 5.69 Å². The van der Waals surface area contributed by atoms with Gasteiger partial charge in [0.2, 0.25) is 5.91 Å². The minimum atomic E-state index is -2.66. The molecule has 1 amide bonds. The van der Waals surface area contributed by atoms with Crippen molar-refractivity contribution in [2.75, 3.05) is 26.0 Å². The van der Waals surface area contributed by atoms with E-state index in [9.17, 15) is 4.79 Å². The summed E-state index contributed by atoms with van der Waals surface area (Å²) in [5.74, 6) is 1.13. The molecule has 1 aromatic carbocycles. The lowest BCUT2D eigenvalue weighted by Gasteiger charge is -2.22. The van der Waals surface area contributed by atoms with E-state index in [1.807, 2.05) is 19.1 Å². The number of hydrogen-bond acceptors (Lipinski definition) is 5. The van der Waals surface area contributed by atoms with Gasteiger partial charge in [-0.1, -0.05) is 29.9 Å². The third-order valence-corrected chi connectivity index (χ3v) is 7.92. The second-order valence-electron chi connectivity index (χ2n) is 4.90. The Labute approximate surface area is 158 Å². The molecule has 0 bridgehead atoms. The van der Waals surface area contributed by atoms with E-state index in [2.05, 4.69) is 22.0 Å². The SMILES string of the molecule is CCCSP(=NC(C)=Nc1ccc(Cl)cc1)(OCC)OCC(=O)NC. The zero-order chi connectivity index (χ0) is 18.7. The van der Waals surface area contributed by atoms with Crippen molar-refractivity contribution in [3.63, 3.8) is 0 Å². The van der Waals surface area contributed by atoms with Gasteiger partial charge < -0.3 is 14.4 Å². The highest BCUT2D eigenvalue weighted by molar-refractivity contribution is 8.55. The maximum Gasteiger partial charge on any atom is 0.279 e. The number of amidine groups is 1. The molecule has 0 aliphatic carbocycles. The Hall–Kier alpha value is -0.850. The van der Waals surface area contributed by atoms with E-state index in [1.165, 1.54) is 11.4 Å². The molecule has 25 heavy (non-hydrogen) atoms. The normalized spacial score (nSPS) is 14.0. The van der Waals surface area contributed by atoms with E-state index in [4.69, 9.17) is 20.6 Å². The number of nitrogens with one attached hydrogen (secondary N) is 1. The van der Waals surface area contributed by atoms with Crippen LogP contribution in [-0.4, -0.2) is 37.8 Å². The van der Waals surface area contributed by atoms with Crippen LogP contribution in [-0.2, 0) is 13.8 Å².